The van der Waals surface area contributed by atoms with Crippen molar-refractivity contribution in [2.24, 2.45) is 0 Å². The summed E-state index contributed by atoms with van der Waals surface area (Å²) in [5.74, 6) is -3.05. The number of nitrogens with two attached hydrogens (primary N) is 1. The number of aliphatic hydroxyl groups is 1. The summed E-state index contributed by atoms with van der Waals surface area (Å²) in [6, 6.07) is 3.24. The monoisotopic (exact) mass is 269 g/mol. The first kappa shape index (κ1) is 12.3. The number of rotatable bonds is 2. The summed E-state index contributed by atoms with van der Waals surface area (Å²) in [7, 11) is 0. The fourth-order valence-electron chi connectivity index (χ4n) is 2.38. The number of hydrogen-bond acceptors (Lipinski definition) is 4. The largest absolute Gasteiger partial charge is 0.398 e. The quantitative estimate of drug-likeness (QED) is 0.867. The van der Waals surface area contributed by atoms with Crippen LogP contribution in [0.4, 0.5) is 14.5 Å². The number of nitrogens with zero attached hydrogens (tertiary/aromatic N) is 2. The van der Waals surface area contributed by atoms with E-state index in [2.05, 4.69) is 4.98 Å². The van der Waals surface area contributed by atoms with Crippen LogP contribution in [0.5, 0.6) is 0 Å². The maximum absolute atomic E-state index is 13.9. The number of nitrogen functional groups attached to an aromatic ring is 1. The highest BCUT2D eigenvalue weighted by Crippen LogP contribution is 2.43. The molecule has 0 spiro atoms. The predicted molar refractivity (Wildman–Crippen MR) is 64.7 cm³/mol. The van der Waals surface area contributed by atoms with Crippen LogP contribution in [0.15, 0.2) is 24.5 Å². The molecule has 2 aromatic rings. The highest BCUT2D eigenvalue weighted by Gasteiger charge is 2.51. The SMILES string of the molecule is Nc1ccnc2c1ccn2[C@H]1O[C@H](CO)CC1(F)F. The summed E-state index contributed by atoms with van der Waals surface area (Å²) in [6.07, 6.45) is 0.114. The zero-order chi connectivity index (χ0) is 13.6. The third kappa shape index (κ3) is 1.85. The molecule has 0 aromatic carbocycles. The van der Waals surface area contributed by atoms with Gasteiger partial charge in [0.15, 0.2) is 6.23 Å². The van der Waals surface area contributed by atoms with E-state index in [-0.39, 0.29) is 0 Å². The van der Waals surface area contributed by atoms with Gasteiger partial charge >= 0.3 is 0 Å². The minimum absolute atomic E-state index is 0.350. The molecule has 5 nitrogen and oxygen atoms in total. The van der Waals surface area contributed by atoms with Crippen LogP contribution in [0.25, 0.3) is 11.0 Å². The van der Waals surface area contributed by atoms with Crippen molar-refractivity contribution in [3.63, 3.8) is 0 Å². The number of pyridine rings is 1. The number of halogens is 2. The minimum atomic E-state index is -3.05. The first-order chi connectivity index (χ1) is 9.03. The standard InChI is InChI=1S/C12H13F2N3O2/c13-12(14)5-7(6-18)19-11(12)17-4-2-8-9(15)1-3-16-10(8)17/h1-4,7,11,18H,5-6H2,(H2,15,16)/t7-,11-/m0/s1. The van der Waals surface area contributed by atoms with E-state index >= 15 is 0 Å². The number of ether oxygens (including phenoxy) is 1. The van der Waals surface area contributed by atoms with Crippen molar-refractivity contribution in [1.82, 2.24) is 9.55 Å². The van der Waals surface area contributed by atoms with E-state index in [1.165, 1.54) is 17.0 Å². The molecule has 7 heteroatoms. The molecule has 1 saturated heterocycles. The Morgan fingerprint density at radius 1 is 1.53 bits per heavy atom. The molecule has 3 N–H and O–H groups in total. The van der Waals surface area contributed by atoms with E-state index < -0.39 is 31.3 Å². The molecule has 0 amide bonds. The number of aromatic nitrogens is 2. The Kier molecular flexibility index (Phi) is 2.68. The topological polar surface area (TPSA) is 73.3 Å². The Morgan fingerprint density at radius 2 is 2.32 bits per heavy atom. The number of hydrogen-bond donors (Lipinski definition) is 2. The van der Waals surface area contributed by atoms with Crippen LogP contribution in [0.1, 0.15) is 12.6 Å². The molecular weight excluding hydrogens is 256 g/mol. The van der Waals surface area contributed by atoms with Gasteiger partial charge in [-0.2, -0.15) is 0 Å². The van der Waals surface area contributed by atoms with Crippen molar-refractivity contribution in [1.29, 1.82) is 0 Å². The van der Waals surface area contributed by atoms with Crippen LogP contribution in [0.2, 0.25) is 0 Å². The van der Waals surface area contributed by atoms with E-state index in [1.807, 2.05) is 0 Å². The Hall–Kier alpha value is -1.73. The Bertz CT molecular complexity index is 614. The Balaban J connectivity index is 2.07. The van der Waals surface area contributed by atoms with Gasteiger partial charge in [0.2, 0.25) is 0 Å². The smallest absolute Gasteiger partial charge is 0.294 e. The third-order valence-corrected chi connectivity index (χ3v) is 3.29. The van der Waals surface area contributed by atoms with Crippen LogP contribution < -0.4 is 5.73 Å². The molecule has 1 aliphatic rings. The first-order valence-corrected chi connectivity index (χ1v) is 5.88. The van der Waals surface area contributed by atoms with Crippen molar-refractivity contribution in [3.8, 4) is 0 Å². The van der Waals surface area contributed by atoms with Crippen LogP contribution in [0.3, 0.4) is 0 Å². The molecule has 102 valence electrons. The van der Waals surface area contributed by atoms with Gasteiger partial charge in [-0.15, -0.1) is 0 Å². The summed E-state index contributed by atoms with van der Waals surface area (Å²) in [6.45, 7) is -0.430. The second-order valence-electron chi connectivity index (χ2n) is 4.62. The van der Waals surface area contributed by atoms with Crippen molar-refractivity contribution in [2.75, 3.05) is 12.3 Å². The lowest BCUT2D eigenvalue weighted by molar-refractivity contribution is -0.116. The molecule has 0 aliphatic carbocycles. The van der Waals surface area contributed by atoms with Gasteiger partial charge < -0.3 is 20.1 Å². The second kappa shape index (κ2) is 4.14. The molecule has 2 aromatic heterocycles. The van der Waals surface area contributed by atoms with Crippen LogP contribution in [0, 0.1) is 0 Å². The van der Waals surface area contributed by atoms with E-state index in [0.29, 0.717) is 16.7 Å². The van der Waals surface area contributed by atoms with Gasteiger partial charge in [0, 0.05) is 29.9 Å². The van der Waals surface area contributed by atoms with Crippen LogP contribution in [-0.2, 0) is 4.74 Å². The maximum Gasteiger partial charge on any atom is 0.294 e. The number of alkyl halides is 2. The van der Waals surface area contributed by atoms with Gasteiger partial charge in [-0.3, -0.25) is 0 Å². The number of anilines is 1. The first-order valence-electron chi connectivity index (χ1n) is 5.88. The fraction of sp³-hybridized carbons (Fsp3) is 0.417. The number of fused-ring (bicyclic) bond motifs is 1. The van der Waals surface area contributed by atoms with Gasteiger partial charge in [0.05, 0.1) is 12.7 Å². The number of aliphatic hydroxyl groups excluding tert-OH is 1. The summed E-state index contributed by atoms with van der Waals surface area (Å²) in [4.78, 5) is 4.07. The lowest BCUT2D eigenvalue weighted by atomic mass is 10.2. The van der Waals surface area contributed by atoms with E-state index in [9.17, 15) is 8.78 Å². The average molecular weight is 269 g/mol. The van der Waals surface area contributed by atoms with Crippen molar-refractivity contribution in [2.45, 2.75) is 24.7 Å². The zero-order valence-corrected chi connectivity index (χ0v) is 9.96. The molecule has 0 unspecified atom stereocenters. The van der Waals surface area contributed by atoms with Crippen molar-refractivity contribution in [3.05, 3.63) is 24.5 Å². The maximum atomic E-state index is 13.9. The van der Waals surface area contributed by atoms with E-state index in [4.69, 9.17) is 15.6 Å². The summed E-state index contributed by atoms with van der Waals surface area (Å²) in [5, 5.41) is 9.57. The second-order valence-corrected chi connectivity index (χ2v) is 4.62. The Labute approximate surface area is 107 Å². The van der Waals surface area contributed by atoms with E-state index in [0.717, 1.165) is 0 Å². The van der Waals surface area contributed by atoms with Crippen molar-refractivity contribution >= 4 is 16.7 Å². The van der Waals surface area contributed by atoms with Gasteiger partial charge in [0.25, 0.3) is 5.92 Å². The highest BCUT2D eigenvalue weighted by molar-refractivity contribution is 5.88. The molecule has 3 rings (SSSR count). The van der Waals surface area contributed by atoms with Gasteiger partial charge in [0.1, 0.15) is 5.65 Å². The molecule has 1 aliphatic heterocycles. The summed E-state index contributed by atoms with van der Waals surface area (Å²) >= 11 is 0. The van der Waals surface area contributed by atoms with Gasteiger partial charge in [-0.1, -0.05) is 0 Å². The lowest BCUT2D eigenvalue weighted by Gasteiger charge is -2.20. The van der Waals surface area contributed by atoms with Gasteiger partial charge in [-0.25, -0.2) is 13.8 Å². The highest BCUT2D eigenvalue weighted by atomic mass is 19.3. The fourth-order valence-corrected chi connectivity index (χ4v) is 2.38. The zero-order valence-electron chi connectivity index (χ0n) is 9.96. The average Bonchev–Trinajstić information content (AvgIpc) is 2.90. The normalized spacial score (nSPS) is 26.1. The lowest BCUT2D eigenvalue weighted by Crippen LogP contribution is -2.25. The third-order valence-electron chi connectivity index (χ3n) is 3.29. The molecule has 19 heavy (non-hydrogen) atoms. The van der Waals surface area contributed by atoms with Gasteiger partial charge in [-0.05, 0) is 12.1 Å². The summed E-state index contributed by atoms with van der Waals surface area (Å²) in [5.41, 5.74) is 6.59. The van der Waals surface area contributed by atoms with Crippen LogP contribution in [-0.4, -0.2) is 33.3 Å². The molecule has 3 heterocycles. The molecule has 0 saturated carbocycles. The summed E-state index contributed by atoms with van der Waals surface area (Å²) < 4.78 is 34.3. The Morgan fingerprint density at radius 3 is 3.00 bits per heavy atom. The molecule has 1 fully saturated rings. The van der Waals surface area contributed by atoms with Crippen molar-refractivity contribution < 1.29 is 18.6 Å². The van der Waals surface area contributed by atoms with Crippen LogP contribution >= 0.6 is 0 Å². The molecular formula is C12H13F2N3O2. The predicted octanol–water partition coefficient (Wildman–Crippen LogP) is 1.53. The molecule has 2 atom stereocenters. The van der Waals surface area contributed by atoms with E-state index in [1.54, 1.807) is 12.1 Å². The molecule has 0 radical (unpaired) electrons. The minimum Gasteiger partial charge on any atom is -0.398 e. The molecule has 0 bridgehead atoms.